The highest BCUT2D eigenvalue weighted by molar-refractivity contribution is 7.16. The summed E-state index contributed by atoms with van der Waals surface area (Å²) in [5, 5.41) is 4.09. The molecule has 2 heterocycles. The molecule has 2 aromatic rings. The van der Waals surface area contributed by atoms with E-state index in [-0.39, 0.29) is 6.03 Å². The lowest BCUT2D eigenvalue weighted by Crippen LogP contribution is -2.50. The fourth-order valence-corrected chi connectivity index (χ4v) is 4.17. The van der Waals surface area contributed by atoms with E-state index in [9.17, 15) is 9.59 Å². The maximum Gasteiger partial charge on any atom is 0.340 e. The Morgan fingerprint density at radius 2 is 1.85 bits per heavy atom. The van der Waals surface area contributed by atoms with Gasteiger partial charge in [0.25, 0.3) is 0 Å². The van der Waals surface area contributed by atoms with E-state index in [0.717, 1.165) is 29.2 Å². The summed E-state index contributed by atoms with van der Waals surface area (Å²) in [4.78, 5) is 29.4. The van der Waals surface area contributed by atoms with E-state index in [0.29, 0.717) is 28.7 Å². The molecule has 1 aromatic carbocycles. The zero-order chi connectivity index (χ0) is 19.6. The van der Waals surface area contributed by atoms with Gasteiger partial charge in [-0.3, -0.25) is 5.32 Å². The summed E-state index contributed by atoms with van der Waals surface area (Å²) in [6.45, 7) is 6.58. The van der Waals surface area contributed by atoms with Crippen molar-refractivity contribution in [2.24, 2.45) is 0 Å². The van der Waals surface area contributed by atoms with Gasteiger partial charge in [0.05, 0.1) is 12.7 Å². The molecule has 1 saturated heterocycles. The minimum atomic E-state index is -0.448. The molecule has 0 atom stereocenters. The van der Waals surface area contributed by atoms with Crippen LogP contribution >= 0.6 is 22.9 Å². The number of amides is 2. The Labute approximate surface area is 167 Å². The topological polar surface area (TPSA) is 61.9 Å². The summed E-state index contributed by atoms with van der Waals surface area (Å²) < 4.78 is 4.79. The van der Waals surface area contributed by atoms with Gasteiger partial charge in [-0.05, 0) is 37.6 Å². The largest absolute Gasteiger partial charge is 0.465 e. The van der Waals surface area contributed by atoms with Gasteiger partial charge in [0, 0.05) is 41.8 Å². The second-order valence-corrected chi connectivity index (χ2v) is 8.12. The number of hydrogen-bond acceptors (Lipinski definition) is 5. The van der Waals surface area contributed by atoms with Crippen LogP contribution in [0.25, 0.3) is 0 Å². The Morgan fingerprint density at radius 1 is 1.15 bits per heavy atom. The molecular formula is C19H22ClN3O3S. The van der Waals surface area contributed by atoms with Crippen molar-refractivity contribution in [3.63, 3.8) is 0 Å². The molecule has 1 aromatic heterocycles. The van der Waals surface area contributed by atoms with Crippen molar-refractivity contribution in [2.45, 2.75) is 13.8 Å². The SMILES string of the molecule is COC(=O)c1cc(C)sc1NC(=O)N1CCN(c2cc(Cl)ccc2C)CC1. The van der Waals surface area contributed by atoms with Crippen molar-refractivity contribution in [2.75, 3.05) is 43.5 Å². The van der Waals surface area contributed by atoms with Gasteiger partial charge < -0.3 is 14.5 Å². The number of nitrogens with one attached hydrogen (secondary N) is 1. The predicted molar refractivity (Wildman–Crippen MR) is 109 cm³/mol. The third-order valence-corrected chi connectivity index (χ3v) is 5.76. The van der Waals surface area contributed by atoms with Gasteiger partial charge in [-0.1, -0.05) is 17.7 Å². The number of halogens is 1. The van der Waals surface area contributed by atoms with Crippen LogP contribution in [-0.4, -0.2) is 50.2 Å². The Morgan fingerprint density at radius 3 is 2.52 bits per heavy atom. The third-order valence-electron chi connectivity index (χ3n) is 4.56. The number of piperazine rings is 1. The number of aryl methyl sites for hydroxylation is 2. The van der Waals surface area contributed by atoms with Gasteiger partial charge in [0.15, 0.2) is 0 Å². The highest BCUT2D eigenvalue weighted by Gasteiger charge is 2.24. The summed E-state index contributed by atoms with van der Waals surface area (Å²) in [5.74, 6) is -0.448. The van der Waals surface area contributed by atoms with Gasteiger partial charge in [0.1, 0.15) is 5.00 Å². The number of methoxy groups -OCH3 is 1. The monoisotopic (exact) mass is 407 g/mol. The van der Waals surface area contributed by atoms with Crippen LogP contribution in [0.3, 0.4) is 0 Å². The fourth-order valence-electron chi connectivity index (χ4n) is 3.12. The molecule has 0 bridgehead atoms. The summed E-state index contributed by atoms with van der Waals surface area (Å²) in [6.07, 6.45) is 0. The molecule has 1 N–H and O–H groups in total. The second-order valence-electron chi connectivity index (χ2n) is 6.43. The molecule has 2 amide bonds. The molecule has 0 radical (unpaired) electrons. The summed E-state index contributed by atoms with van der Waals surface area (Å²) in [6, 6.07) is 7.37. The highest BCUT2D eigenvalue weighted by atomic mass is 35.5. The first-order valence-electron chi connectivity index (χ1n) is 8.65. The number of benzene rings is 1. The van der Waals surface area contributed by atoms with Crippen molar-refractivity contribution in [3.05, 3.63) is 45.3 Å². The molecule has 0 spiro atoms. The van der Waals surface area contributed by atoms with Crippen LogP contribution in [0.1, 0.15) is 20.8 Å². The van der Waals surface area contributed by atoms with Gasteiger partial charge in [-0.2, -0.15) is 0 Å². The fraction of sp³-hybridized carbons (Fsp3) is 0.368. The zero-order valence-electron chi connectivity index (χ0n) is 15.5. The van der Waals surface area contributed by atoms with E-state index >= 15 is 0 Å². The van der Waals surface area contributed by atoms with Gasteiger partial charge >= 0.3 is 12.0 Å². The van der Waals surface area contributed by atoms with Gasteiger partial charge in [0.2, 0.25) is 0 Å². The van der Waals surface area contributed by atoms with Crippen LogP contribution < -0.4 is 10.2 Å². The number of urea groups is 1. The van der Waals surface area contributed by atoms with Gasteiger partial charge in [-0.15, -0.1) is 11.3 Å². The lowest BCUT2D eigenvalue weighted by atomic mass is 10.1. The smallest absolute Gasteiger partial charge is 0.340 e. The molecule has 0 saturated carbocycles. The third kappa shape index (κ3) is 4.36. The summed E-state index contributed by atoms with van der Waals surface area (Å²) >= 11 is 7.49. The molecule has 3 rings (SSSR count). The van der Waals surface area contributed by atoms with Crippen molar-refractivity contribution in [1.82, 2.24) is 4.90 Å². The maximum atomic E-state index is 12.6. The van der Waals surface area contributed by atoms with Crippen molar-refractivity contribution >= 4 is 45.6 Å². The number of rotatable bonds is 3. The predicted octanol–water partition coefficient (Wildman–Crippen LogP) is 4.16. The van der Waals surface area contributed by atoms with E-state index in [4.69, 9.17) is 16.3 Å². The average Bonchev–Trinajstić information content (AvgIpc) is 3.03. The van der Waals surface area contributed by atoms with Crippen LogP contribution in [0.4, 0.5) is 15.5 Å². The Kier molecular flexibility index (Phi) is 5.92. The molecule has 144 valence electrons. The number of nitrogens with zero attached hydrogens (tertiary/aromatic N) is 2. The number of ether oxygens (including phenoxy) is 1. The average molecular weight is 408 g/mol. The number of carbonyl (C=O) groups is 2. The number of thiophene rings is 1. The van der Waals surface area contributed by atoms with Crippen molar-refractivity contribution < 1.29 is 14.3 Å². The lowest BCUT2D eigenvalue weighted by molar-refractivity contribution is 0.0602. The second kappa shape index (κ2) is 8.19. The zero-order valence-corrected chi connectivity index (χ0v) is 17.1. The molecule has 27 heavy (non-hydrogen) atoms. The van der Waals surface area contributed by atoms with Crippen LogP contribution in [0, 0.1) is 13.8 Å². The molecule has 0 unspecified atom stereocenters. The number of hydrogen-bond donors (Lipinski definition) is 1. The standard InChI is InChI=1S/C19H22ClN3O3S/c1-12-4-5-14(20)11-16(12)22-6-8-23(9-7-22)19(25)21-17-15(18(24)26-3)10-13(2)27-17/h4-5,10-11H,6-9H2,1-3H3,(H,21,25). The number of esters is 1. The van der Waals surface area contributed by atoms with Crippen LogP contribution in [-0.2, 0) is 4.74 Å². The van der Waals surface area contributed by atoms with Crippen LogP contribution in [0.15, 0.2) is 24.3 Å². The molecular weight excluding hydrogens is 386 g/mol. The van der Waals surface area contributed by atoms with E-state index in [1.54, 1.807) is 11.0 Å². The Hall–Kier alpha value is -2.25. The summed E-state index contributed by atoms with van der Waals surface area (Å²) in [7, 11) is 1.33. The van der Waals surface area contributed by atoms with E-state index in [1.807, 2.05) is 25.1 Å². The highest BCUT2D eigenvalue weighted by Crippen LogP contribution is 2.29. The van der Waals surface area contributed by atoms with E-state index in [2.05, 4.69) is 17.1 Å². The first-order chi connectivity index (χ1) is 12.9. The number of anilines is 2. The van der Waals surface area contributed by atoms with Crippen LogP contribution in [0.5, 0.6) is 0 Å². The molecule has 6 nitrogen and oxygen atoms in total. The molecule has 0 aliphatic carbocycles. The molecule has 1 aliphatic heterocycles. The van der Waals surface area contributed by atoms with Crippen molar-refractivity contribution in [3.8, 4) is 0 Å². The first-order valence-corrected chi connectivity index (χ1v) is 9.84. The quantitative estimate of drug-likeness (QED) is 0.776. The van der Waals surface area contributed by atoms with E-state index in [1.165, 1.54) is 18.4 Å². The molecule has 1 aliphatic rings. The Bertz CT molecular complexity index is 860. The number of carbonyl (C=O) groups excluding carboxylic acids is 2. The van der Waals surface area contributed by atoms with Crippen molar-refractivity contribution in [1.29, 1.82) is 0 Å². The minimum absolute atomic E-state index is 0.204. The van der Waals surface area contributed by atoms with Crippen LogP contribution in [0.2, 0.25) is 5.02 Å². The lowest BCUT2D eigenvalue weighted by Gasteiger charge is -2.36. The molecule has 8 heteroatoms. The maximum absolute atomic E-state index is 12.6. The van der Waals surface area contributed by atoms with Gasteiger partial charge in [-0.25, -0.2) is 9.59 Å². The minimum Gasteiger partial charge on any atom is -0.465 e. The normalized spacial score (nSPS) is 14.2. The first kappa shape index (κ1) is 19.5. The Balaban J connectivity index is 1.64. The summed E-state index contributed by atoms with van der Waals surface area (Å²) in [5.41, 5.74) is 2.65. The molecule has 1 fully saturated rings. The van der Waals surface area contributed by atoms with E-state index < -0.39 is 5.97 Å².